The second-order valence-electron chi connectivity index (χ2n) is 6.08. The van der Waals surface area contributed by atoms with Crippen LogP contribution in [-0.2, 0) is 6.54 Å². The lowest BCUT2D eigenvalue weighted by Gasteiger charge is -2.13. The van der Waals surface area contributed by atoms with Gasteiger partial charge in [-0.25, -0.2) is 4.98 Å². The van der Waals surface area contributed by atoms with Crippen molar-refractivity contribution < 1.29 is 4.79 Å². The van der Waals surface area contributed by atoms with Gasteiger partial charge >= 0.3 is 0 Å². The Bertz CT molecular complexity index is 976. The van der Waals surface area contributed by atoms with Gasteiger partial charge in [0.25, 0.3) is 5.91 Å². The quantitative estimate of drug-likeness (QED) is 0.392. The number of carbonyl (C=O) groups excluding carboxylic acids is 1. The van der Waals surface area contributed by atoms with E-state index in [9.17, 15) is 4.79 Å². The van der Waals surface area contributed by atoms with Crippen LogP contribution in [0.25, 0.3) is 5.57 Å². The molecule has 1 aliphatic rings. The summed E-state index contributed by atoms with van der Waals surface area (Å²) < 4.78 is 0. The van der Waals surface area contributed by atoms with E-state index in [4.69, 9.17) is 0 Å². The first-order valence-corrected chi connectivity index (χ1v) is 8.87. The van der Waals surface area contributed by atoms with E-state index in [0.29, 0.717) is 29.3 Å². The maximum Gasteiger partial charge on any atom is 0.254 e. The van der Waals surface area contributed by atoms with E-state index in [2.05, 4.69) is 37.7 Å². The summed E-state index contributed by atoms with van der Waals surface area (Å²) in [6, 6.07) is 5.54. The number of carbonyl (C=O) groups is 1. The van der Waals surface area contributed by atoms with Gasteiger partial charge in [0.05, 0.1) is 29.4 Å². The molecule has 3 N–H and O–H groups in total. The number of allylic oxidation sites excluding steroid dienone is 4. The number of rotatable bonds is 7. The molecule has 1 aliphatic heterocycles. The average Bonchev–Trinajstić information content (AvgIpc) is 3.11. The fourth-order valence-electron chi connectivity index (χ4n) is 2.82. The normalized spacial score (nSPS) is 14.0. The van der Waals surface area contributed by atoms with Crippen LogP contribution in [0.5, 0.6) is 0 Å². The predicted octanol–water partition coefficient (Wildman–Crippen LogP) is 3.53. The van der Waals surface area contributed by atoms with Crippen LogP contribution in [0.2, 0.25) is 0 Å². The maximum atomic E-state index is 12.5. The summed E-state index contributed by atoms with van der Waals surface area (Å²) in [5.41, 5.74) is 7.23. The number of amides is 1. The van der Waals surface area contributed by atoms with E-state index < -0.39 is 0 Å². The Morgan fingerprint density at radius 2 is 2.21 bits per heavy atom. The monoisotopic (exact) mass is 374 g/mol. The molecular formula is C21H22N6O. The predicted molar refractivity (Wildman–Crippen MR) is 112 cm³/mol. The van der Waals surface area contributed by atoms with Crippen LogP contribution in [0.4, 0.5) is 11.5 Å². The lowest BCUT2D eigenvalue weighted by molar-refractivity contribution is 0.0966. The van der Waals surface area contributed by atoms with Crippen molar-refractivity contribution in [2.24, 2.45) is 5.10 Å². The molecule has 0 aromatic carbocycles. The van der Waals surface area contributed by atoms with Gasteiger partial charge in [0.2, 0.25) is 0 Å². The molecule has 0 fully saturated rings. The molecule has 0 radical (unpaired) electrons. The third-order valence-electron chi connectivity index (χ3n) is 4.26. The zero-order chi connectivity index (χ0) is 19.9. The van der Waals surface area contributed by atoms with Crippen molar-refractivity contribution in [3.63, 3.8) is 0 Å². The van der Waals surface area contributed by atoms with Crippen LogP contribution in [-0.4, -0.2) is 22.1 Å². The molecule has 0 saturated heterocycles. The zero-order valence-electron chi connectivity index (χ0n) is 15.9. The highest BCUT2D eigenvalue weighted by Crippen LogP contribution is 2.31. The van der Waals surface area contributed by atoms with Crippen molar-refractivity contribution in [2.75, 3.05) is 5.32 Å². The van der Waals surface area contributed by atoms with Crippen LogP contribution in [0.15, 0.2) is 66.2 Å². The van der Waals surface area contributed by atoms with E-state index in [-0.39, 0.29) is 5.91 Å². The summed E-state index contributed by atoms with van der Waals surface area (Å²) >= 11 is 0. The molecule has 0 unspecified atom stereocenters. The van der Waals surface area contributed by atoms with Gasteiger partial charge in [-0.1, -0.05) is 24.8 Å². The van der Waals surface area contributed by atoms with E-state index in [1.165, 1.54) is 0 Å². The standard InChI is InChI=1S/C21H22N6O/c1-4-9-25-26-12-15(14(3)5-2)20-16-11-24-21(28)19(16)17(13-23-20)27-18-8-6-7-10-22-18/h4-10,12-13,25H,2,11H2,1,3H3,(H,22,27)(H,24,28)/b9-4-,15-14-,26-12-. The Morgan fingerprint density at radius 1 is 1.36 bits per heavy atom. The molecule has 3 rings (SSSR count). The second kappa shape index (κ2) is 8.77. The molecule has 28 heavy (non-hydrogen) atoms. The lowest BCUT2D eigenvalue weighted by Crippen LogP contribution is -2.13. The van der Waals surface area contributed by atoms with Gasteiger partial charge in [0.15, 0.2) is 0 Å². The summed E-state index contributed by atoms with van der Waals surface area (Å²) in [5, 5.41) is 10.3. The Balaban J connectivity index is 2.06. The molecule has 3 heterocycles. The molecule has 2 aromatic rings. The molecule has 0 aliphatic carbocycles. The van der Waals surface area contributed by atoms with Crippen molar-refractivity contribution in [3.8, 4) is 0 Å². The van der Waals surface area contributed by atoms with Crippen molar-refractivity contribution in [1.29, 1.82) is 0 Å². The Morgan fingerprint density at radius 3 is 2.93 bits per heavy atom. The molecule has 1 amide bonds. The number of nitrogens with zero attached hydrogens (tertiary/aromatic N) is 3. The molecule has 0 saturated carbocycles. The number of hydrazone groups is 1. The second-order valence-corrected chi connectivity index (χ2v) is 6.08. The van der Waals surface area contributed by atoms with Gasteiger partial charge in [-0.15, -0.1) is 0 Å². The number of aromatic nitrogens is 2. The first-order valence-electron chi connectivity index (χ1n) is 8.87. The summed E-state index contributed by atoms with van der Waals surface area (Å²) in [7, 11) is 0. The largest absolute Gasteiger partial charge is 0.348 e. The first kappa shape index (κ1) is 19.0. The fourth-order valence-corrected chi connectivity index (χ4v) is 2.82. The molecule has 0 spiro atoms. The van der Waals surface area contributed by atoms with E-state index >= 15 is 0 Å². The van der Waals surface area contributed by atoms with Crippen LogP contribution in [0.3, 0.4) is 0 Å². The Labute approximate surface area is 164 Å². The highest BCUT2D eigenvalue weighted by atomic mass is 16.1. The number of hydrogen-bond acceptors (Lipinski definition) is 6. The van der Waals surface area contributed by atoms with Crippen LogP contribution < -0.4 is 16.1 Å². The molecule has 0 atom stereocenters. The van der Waals surface area contributed by atoms with Crippen LogP contribution in [0, 0.1) is 0 Å². The maximum absolute atomic E-state index is 12.5. The SMILES string of the molecule is C=C/C(C)=C(/C=N\N/C=C\C)c1ncc(Nc2ccccn2)c2c1CNC2=O. The van der Waals surface area contributed by atoms with Gasteiger partial charge in [-0.2, -0.15) is 5.10 Å². The summed E-state index contributed by atoms with van der Waals surface area (Å²) in [6.45, 7) is 8.08. The summed E-state index contributed by atoms with van der Waals surface area (Å²) in [4.78, 5) is 21.4. The Hall–Kier alpha value is -3.74. The highest BCUT2D eigenvalue weighted by molar-refractivity contribution is 6.13. The average molecular weight is 374 g/mol. The highest BCUT2D eigenvalue weighted by Gasteiger charge is 2.28. The third kappa shape index (κ3) is 3.98. The fraction of sp³-hybridized carbons (Fsp3) is 0.143. The summed E-state index contributed by atoms with van der Waals surface area (Å²) in [6.07, 6.45) is 10.3. The third-order valence-corrected chi connectivity index (χ3v) is 4.26. The van der Waals surface area contributed by atoms with Crippen molar-refractivity contribution >= 4 is 29.2 Å². The van der Waals surface area contributed by atoms with E-state index in [0.717, 1.165) is 16.7 Å². The van der Waals surface area contributed by atoms with E-state index in [1.807, 2.05) is 38.1 Å². The molecule has 7 heteroatoms. The van der Waals surface area contributed by atoms with Crippen molar-refractivity contribution in [1.82, 2.24) is 20.7 Å². The smallest absolute Gasteiger partial charge is 0.254 e. The van der Waals surface area contributed by atoms with Crippen molar-refractivity contribution in [2.45, 2.75) is 20.4 Å². The minimum atomic E-state index is -0.142. The van der Waals surface area contributed by atoms with Crippen molar-refractivity contribution in [3.05, 3.63) is 77.9 Å². The van der Waals surface area contributed by atoms with Gasteiger partial charge in [0, 0.05) is 30.1 Å². The number of anilines is 2. The van der Waals surface area contributed by atoms with Crippen LogP contribution >= 0.6 is 0 Å². The van der Waals surface area contributed by atoms with Gasteiger partial charge in [-0.05, 0) is 31.6 Å². The Kier molecular flexibility index (Phi) is 5.96. The topological polar surface area (TPSA) is 91.3 Å². The number of fused-ring (bicyclic) bond motifs is 1. The molecule has 142 valence electrons. The molecule has 0 bridgehead atoms. The minimum Gasteiger partial charge on any atom is -0.348 e. The van der Waals surface area contributed by atoms with E-state index in [1.54, 1.807) is 30.9 Å². The lowest BCUT2D eigenvalue weighted by atomic mass is 9.99. The number of nitrogens with one attached hydrogen (secondary N) is 3. The zero-order valence-corrected chi connectivity index (χ0v) is 15.9. The van der Waals surface area contributed by atoms with Gasteiger partial charge in [0.1, 0.15) is 5.82 Å². The minimum absolute atomic E-state index is 0.142. The van der Waals surface area contributed by atoms with Gasteiger partial charge in [-0.3, -0.25) is 15.2 Å². The molecule has 2 aromatic heterocycles. The summed E-state index contributed by atoms with van der Waals surface area (Å²) in [5.74, 6) is 0.505. The van der Waals surface area contributed by atoms with Crippen LogP contribution in [0.1, 0.15) is 35.5 Å². The first-order chi connectivity index (χ1) is 13.7. The molecular weight excluding hydrogens is 352 g/mol. The number of hydrogen-bond donors (Lipinski definition) is 3. The molecule has 7 nitrogen and oxygen atoms in total. The van der Waals surface area contributed by atoms with Gasteiger partial charge < -0.3 is 10.6 Å². The number of pyridine rings is 2.